The van der Waals surface area contributed by atoms with Crippen LogP contribution in [0.15, 0.2) is 54.7 Å². The standard InChI is InChI=1S/C24H30FN3O2Si/c1-16(30-31(5,6)24(2,3)4)17-8-7-9-18(14-17)22(29)21-15-27-28(23(21)26)20-12-10-19(25)11-13-20/h7-16H,26H2,1-6H3. The van der Waals surface area contributed by atoms with Crippen molar-refractivity contribution in [1.29, 1.82) is 0 Å². The number of hydrogen-bond acceptors (Lipinski definition) is 4. The lowest BCUT2D eigenvalue weighted by atomic mass is 10.0. The molecule has 7 heteroatoms. The first-order valence-electron chi connectivity index (χ1n) is 10.3. The number of halogens is 1. The molecule has 0 aliphatic carbocycles. The van der Waals surface area contributed by atoms with E-state index in [-0.39, 0.29) is 28.6 Å². The molecule has 0 radical (unpaired) electrons. The molecular weight excluding hydrogens is 409 g/mol. The summed E-state index contributed by atoms with van der Waals surface area (Å²) in [5, 5.41) is 4.32. The molecule has 0 aliphatic heterocycles. The Balaban J connectivity index is 1.86. The number of aromatic nitrogens is 2. The number of anilines is 1. The van der Waals surface area contributed by atoms with Gasteiger partial charge in [0, 0.05) is 5.56 Å². The molecule has 0 amide bonds. The van der Waals surface area contributed by atoms with Gasteiger partial charge in [-0.15, -0.1) is 0 Å². The van der Waals surface area contributed by atoms with E-state index in [9.17, 15) is 9.18 Å². The summed E-state index contributed by atoms with van der Waals surface area (Å²) >= 11 is 0. The van der Waals surface area contributed by atoms with Gasteiger partial charge in [-0.1, -0.05) is 39.0 Å². The lowest BCUT2D eigenvalue weighted by Crippen LogP contribution is -2.41. The second-order valence-electron chi connectivity index (χ2n) is 9.31. The second-order valence-corrected chi connectivity index (χ2v) is 14.1. The van der Waals surface area contributed by atoms with Crippen molar-refractivity contribution in [3.05, 3.63) is 77.2 Å². The predicted octanol–water partition coefficient (Wildman–Crippen LogP) is 5.91. The highest BCUT2D eigenvalue weighted by Crippen LogP contribution is 2.39. The molecule has 2 aromatic carbocycles. The number of benzene rings is 2. The molecule has 0 aliphatic rings. The summed E-state index contributed by atoms with van der Waals surface area (Å²) in [7, 11) is -1.95. The average molecular weight is 440 g/mol. The van der Waals surface area contributed by atoms with E-state index >= 15 is 0 Å². The Morgan fingerprint density at radius 3 is 2.42 bits per heavy atom. The van der Waals surface area contributed by atoms with Crippen molar-refractivity contribution >= 4 is 19.9 Å². The first-order chi connectivity index (χ1) is 14.4. The van der Waals surface area contributed by atoms with Gasteiger partial charge in [-0.05, 0) is 61.0 Å². The minimum Gasteiger partial charge on any atom is -0.410 e. The molecule has 1 aromatic heterocycles. The summed E-state index contributed by atoms with van der Waals surface area (Å²) in [4.78, 5) is 13.2. The lowest BCUT2D eigenvalue weighted by molar-refractivity contribution is 0.103. The molecule has 0 saturated heterocycles. The van der Waals surface area contributed by atoms with E-state index in [1.165, 1.54) is 23.0 Å². The number of ketones is 1. The molecule has 0 saturated carbocycles. The van der Waals surface area contributed by atoms with Gasteiger partial charge in [-0.25, -0.2) is 9.07 Å². The van der Waals surface area contributed by atoms with E-state index in [4.69, 9.17) is 10.2 Å². The van der Waals surface area contributed by atoms with Gasteiger partial charge < -0.3 is 10.2 Å². The summed E-state index contributed by atoms with van der Waals surface area (Å²) in [6.07, 6.45) is 1.32. The largest absolute Gasteiger partial charge is 0.410 e. The molecule has 0 bridgehead atoms. The van der Waals surface area contributed by atoms with Gasteiger partial charge >= 0.3 is 0 Å². The van der Waals surface area contributed by atoms with Gasteiger partial charge in [0.15, 0.2) is 14.1 Å². The summed E-state index contributed by atoms with van der Waals surface area (Å²) in [5.41, 5.74) is 8.57. The molecule has 2 N–H and O–H groups in total. The van der Waals surface area contributed by atoms with Gasteiger partial charge in [-0.3, -0.25) is 4.79 Å². The Kier molecular flexibility index (Phi) is 6.20. The number of rotatable bonds is 6. The van der Waals surface area contributed by atoms with Crippen LogP contribution in [0.3, 0.4) is 0 Å². The van der Waals surface area contributed by atoms with Crippen LogP contribution in [-0.2, 0) is 4.43 Å². The van der Waals surface area contributed by atoms with Crippen molar-refractivity contribution in [3.8, 4) is 5.69 Å². The fourth-order valence-electron chi connectivity index (χ4n) is 3.10. The number of nitrogens with two attached hydrogens (primary N) is 1. The van der Waals surface area contributed by atoms with Crippen molar-refractivity contribution in [2.45, 2.75) is 51.9 Å². The zero-order valence-electron chi connectivity index (χ0n) is 18.9. The SMILES string of the molecule is CC(O[Si](C)(C)C(C)(C)C)c1cccc(C(=O)c2cnn(-c3ccc(F)cc3)c2N)c1. The molecule has 3 rings (SSSR count). The third kappa shape index (κ3) is 4.78. The van der Waals surface area contributed by atoms with Gasteiger partial charge in [-0.2, -0.15) is 5.10 Å². The third-order valence-corrected chi connectivity index (χ3v) is 10.6. The van der Waals surface area contributed by atoms with Crippen LogP contribution >= 0.6 is 0 Å². The van der Waals surface area contributed by atoms with E-state index < -0.39 is 8.32 Å². The van der Waals surface area contributed by atoms with E-state index in [2.05, 4.69) is 39.0 Å². The summed E-state index contributed by atoms with van der Waals surface area (Å²) in [6, 6.07) is 13.2. The van der Waals surface area contributed by atoms with E-state index in [1.807, 2.05) is 25.1 Å². The zero-order valence-corrected chi connectivity index (χ0v) is 19.9. The maximum absolute atomic E-state index is 13.2. The highest BCUT2D eigenvalue weighted by molar-refractivity contribution is 6.74. The van der Waals surface area contributed by atoms with Crippen LogP contribution in [0.4, 0.5) is 10.2 Å². The van der Waals surface area contributed by atoms with Crippen LogP contribution in [0.25, 0.3) is 5.69 Å². The van der Waals surface area contributed by atoms with E-state index in [1.54, 1.807) is 18.2 Å². The fraction of sp³-hybridized carbons (Fsp3) is 0.333. The van der Waals surface area contributed by atoms with E-state index in [0.717, 1.165) is 5.56 Å². The van der Waals surface area contributed by atoms with Crippen LogP contribution < -0.4 is 5.73 Å². The summed E-state index contributed by atoms with van der Waals surface area (Å²) in [5.74, 6) is -0.351. The zero-order chi connectivity index (χ0) is 23.0. The van der Waals surface area contributed by atoms with Crippen molar-refractivity contribution in [2.75, 3.05) is 5.73 Å². The fourth-order valence-corrected chi connectivity index (χ4v) is 4.47. The Labute approximate surface area is 184 Å². The molecule has 5 nitrogen and oxygen atoms in total. The number of hydrogen-bond donors (Lipinski definition) is 1. The number of carbonyl (C=O) groups is 1. The minimum atomic E-state index is -1.95. The van der Waals surface area contributed by atoms with Crippen LogP contribution in [-0.4, -0.2) is 23.9 Å². The number of carbonyl (C=O) groups excluding carboxylic acids is 1. The maximum Gasteiger partial charge on any atom is 0.198 e. The smallest absolute Gasteiger partial charge is 0.198 e. The van der Waals surface area contributed by atoms with Gasteiger partial charge in [0.05, 0.1) is 23.6 Å². The normalized spacial score (nSPS) is 13.3. The maximum atomic E-state index is 13.2. The molecular formula is C24H30FN3O2Si. The third-order valence-electron chi connectivity index (χ3n) is 6.02. The molecule has 1 atom stereocenters. The monoisotopic (exact) mass is 439 g/mol. The molecule has 0 fully saturated rings. The highest BCUT2D eigenvalue weighted by atomic mass is 28.4. The van der Waals surface area contributed by atoms with Gasteiger partial charge in [0.1, 0.15) is 11.6 Å². The second kappa shape index (κ2) is 8.40. The van der Waals surface area contributed by atoms with Crippen LogP contribution in [0.1, 0.15) is 55.3 Å². The quantitative estimate of drug-likeness (QED) is 0.383. The van der Waals surface area contributed by atoms with Gasteiger partial charge in [0.25, 0.3) is 0 Å². The first kappa shape index (κ1) is 22.9. The molecule has 1 heterocycles. The van der Waals surface area contributed by atoms with E-state index in [0.29, 0.717) is 16.8 Å². The van der Waals surface area contributed by atoms with Crippen molar-refractivity contribution in [2.24, 2.45) is 0 Å². The molecule has 164 valence electrons. The summed E-state index contributed by atoms with van der Waals surface area (Å²) < 4.78 is 21.1. The topological polar surface area (TPSA) is 70.1 Å². The average Bonchev–Trinajstić information content (AvgIpc) is 3.08. The van der Waals surface area contributed by atoms with Crippen molar-refractivity contribution in [1.82, 2.24) is 9.78 Å². The first-order valence-corrected chi connectivity index (χ1v) is 13.2. The lowest BCUT2D eigenvalue weighted by Gasteiger charge is -2.38. The predicted molar refractivity (Wildman–Crippen MR) is 125 cm³/mol. The number of nitrogens with zero attached hydrogens (tertiary/aromatic N) is 2. The highest BCUT2D eigenvalue weighted by Gasteiger charge is 2.38. The van der Waals surface area contributed by atoms with Crippen LogP contribution in [0.2, 0.25) is 18.1 Å². The Hall–Kier alpha value is -2.77. The Morgan fingerprint density at radius 1 is 1.16 bits per heavy atom. The molecule has 31 heavy (non-hydrogen) atoms. The molecule has 0 spiro atoms. The van der Waals surface area contributed by atoms with Crippen molar-refractivity contribution in [3.63, 3.8) is 0 Å². The van der Waals surface area contributed by atoms with Crippen LogP contribution in [0.5, 0.6) is 0 Å². The van der Waals surface area contributed by atoms with Crippen LogP contribution in [0, 0.1) is 5.82 Å². The Morgan fingerprint density at radius 2 is 1.81 bits per heavy atom. The summed E-state index contributed by atoms with van der Waals surface area (Å²) in [6.45, 7) is 13.0. The number of nitrogen functional groups attached to an aromatic ring is 1. The molecule has 3 aromatic rings. The van der Waals surface area contributed by atoms with Gasteiger partial charge in [0.2, 0.25) is 0 Å². The Bertz CT molecular complexity index is 1080. The molecule has 1 unspecified atom stereocenters. The minimum absolute atomic E-state index is 0.0953. The van der Waals surface area contributed by atoms with Crippen molar-refractivity contribution < 1.29 is 13.6 Å².